The Morgan fingerprint density at radius 3 is 2.88 bits per heavy atom. The van der Waals surface area contributed by atoms with Crippen LogP contribution in [0.25, 0.3) is 0 Å². The summed E-state index contributed by atoms with van der Waals surface area (Å²) in [5, 5.41) is 0. The van der Waals surface area contributed by atoms with Crippen LogP contribution in [-0.4, -0.2) is 17.5 Å². The number of hydrogen-bond acceptors (Lipinski definition) is 1. The molecular formula is C14H19F2N. The number of rotatable bonds is 3. The third kappa shape index (κ3) is 2.83. The Labute approximate surface area is 101 Å². The summed E-state index contributed by atoms with van der Waals surface area (Å²) in [6.45, 7) is 3.68. The summed E-state index contributed by atoms with van der Waals surface area (Å²) >= 11 is 0. The van der Waals surface area contributed by atoms with Crippen molar-refractivity contribution < 1.29 is 8.78 Å². The van der Waals surface area contributed by atoms with Gasteiger partial charge < -0.3 is 0 Å². The highest BCUT2D eigenvalue weighted by atomic mass is 19.2. The lowest BCUT2D eigenvalue weighted by Crippen LogP contribution is -2.38. The van der Waals surface area contributed by atoms with Crippen LogP contribution in [0.3, 0.4) is 0 Å². The van der Waals surface area contributed by atoms with Crippen molar-refractivity contribution >= 4 is 0 Å². The lowest BCUT2D eigenvalue weighted by atomic mass is 9.99. The predicted molar refractivity (Wildman–Crippen MR) is 64.7 cm³/mol. The first-order valence-corrected chi connectivity index (χ1v) is 6.39. The first-order chi connectivity index (χ1) is 8.22. The Hall–Kier alpha value is -0.960. The second kappa shape index (κ2) is 5.58. The van der Waals surface area contributed by atoms with Crippen LogP contribution in [0.1, 0.15) is 38.2 Å². The third-order valence-electron chi connectivity index (χ3n) is 3.63. The summed E-state index contributed by atoms with van der Waals surface area (Å²) in [6.07, 6.45) is 4.67. The van der Waals surface area contributed by atoms with E-state index in [2.05, 4.69) is 11.8 Å². The van der Waals surface area contributed by atoms with Crippen molar-refractivity contribution in [1.29, 1.82) is 0 Å². The number of halogens is 2. The van der Waals surface area contributed by atoms with Gasteiger partial charge in [0, 0.05) is 18.2 Å². The Bertz CT molecular complexity index is 378. The minimum atomic E-state index is -0.743. The fraction of sp³-hybridized carbons (Fsp3) is 0.571. The molecule has 17 heavy (non-hydrogen) atoms. The van der Waals surface area contributed by atoms with E-state index < -0.39 is 11.6 Å². The van der Waals surface area contributed by atoms with Gasteiger partial charge in [-0.05, 0) is 31.9 Å². The molecule has 0 spiro atoms. The van der Waals surface area contributed by atoms with Crippen molar-refractivity contribution in [3.05, 3.63) is 35.4 Å². The molecule has 0 radical (unpaired) electrons. The summed E-state index contributed by atoms with van der Waals surface area (Å²) in [6, 6.07) is 4.96. The van der Waals surface area contributed by atoms with E-state index in [9.17, 15) is 8.78 Å². The largest absolute Gasteiger partial charge is 0.296 e. The van der Waals surface area contributed by atoms with Gasteiger partial charge in [-0.15, -0.1) is 0 Å². The van der Waals surface area contributed by atoms with E-state index in [-0.39, 0.29) is 0 Å². The number of piperidine rings is 1. The van der Waals surface area contributed by atoms with Crippen LogP contribution < -0.4 is 0 Å². The molecule has 0 bridgehead atoms. The average Bonchev–Trinajstić information content (AvgIpc) is 2.35. The minimum absolute atomic E-state index is 0.477. The van der Waals surface area contributed by atoms with E-state index in [0.29, 0.717) is 18.2 Å². The van der Waals surface area contributed by atoms with E-state index in [1.807, 2.05) is 0 Å². The molecular weight excluding hydrogens is 220 g/mol. The van der Waals surface area contributed by atoms with Crippen LogP contribution >= 0.6 is 0 Å². The van der Waals surface area contributed by atoms with Crippen LogP contribution in [0.2, 0.25) is 0 Å². The van der Waals surface area contributed by atoms with Gasteiger partial charge in [-0.3, -0.25) is 4.90 Å². The molecule has 1 aliphatic rings. The van der Waals surface area contributed by atoms with Crippen molar-refractivity contribution in [2.24, 2.45) is 0 Å². The van der Waals surface area contributed by atoms with Gasteiger partial charge in [0.15, 0.2) is 11.6 Å². The zero-order valence-electron chi connectivity index (χ0n) is 10.3. The summed E-state index contributed by atoms with van der Waals surface area (Å²) in [5.41, 5.74) is 0.477. The fourth-order valence-electron chi connectivity index (χ4n) is 2.62. The molecule has 0 amide bonds. The first-order valence-electron chi connectivity index (χ1n) is 6.39. The highest BCUT2D eigenvalue weighted by molar-refractivity contribution is 5.19. The fourth-order valence-corrected chi connectivity index (χ4v) is 2.62. The number of nitrogens with zero attached hydrogens (tertiary/aromatic N) is 1. The van der Waals surface area contributed by atoms with Crippen molar-refractivity contribution in [2.45, 2.75) is 45.2 Å². The van der Waals surface area contributed by atoms with Crippen molar-refractivity contribution in [3.63, 3.8) is 0 Å². The van der Waals surface area contributed by atoms with Crippen LogP contribution in [-0.2, 0) is 6.54 Å². The maximum Gasteiger partial charge on any atom is 0.163 e. The summed E-state index contributed by atoms with van der Waals surface area (Å²) in [7, 11) is 0. The Balaban J connectivity index is 2.11. The SMILES string of the molecule is CCC1CCCCN1Cc1cccc(F)c1F. The van der Waals surface area contributed by atoms with Crippen molar-refractivity contribution in [1.82, 2.24) is 4.90 Å². The second-order valence-corrected chi connectivity index (χ2v) is 4.74. The van der Waals surface area contributed by atoms with Crippen LogP contribution in [0.15, 0.2) is 18.2 Å². The van der Waals surface area contributed by atoms with Gasteiger partial charge in [0.05, 0.1) is 0 Å². The normalized spacial score (nSPS) is 21.7. The molecule has 2 rings (SSSR count). The summed E-state index contributed by atoms with van der Waals surface area (Å²) in [5.74, 6) is -1.43. The zero-order chi connectivity index (χ0) is 12.3. The van der Waals surface area contributed by atoms with Gasteiger partial charge in [-0.2, -0.15) is 0 Å². The molecule has 3 heteroatoms. The number of hydrogen-bond donors (Lipinski definition) is 0. The van der Waals surface area contributed by atoms with Gasteiger partial charge in [0.1, 0.15) is 0 Å². The number of likely N-dealkylation sites (tertiary alicyclic amines) is 1. The molecule has 1 atom stereocenters. The molecule has 94 valence electrons. The Morgan fingerprint density at radius 1 is 1.29 bits per heavy atom. The standard InChI is InChI=1S/C14H19F2N/c1-2-12-7-3-4-9-17(12)10-11-6-5-8-13(15)14(11)16/h5-6,8,12H,2-4,7,9-10H2,1H3. The van der Waals surface area contributed by atoms with E-state index in [1.165, 1.54) is 18.9 Å². The van der Waals surface area contributed by atoms with Gasteiger partial charge >= 0.3 is 0 Å². The predicted octanol–water partition coefficient (Wildman–Crippen LogP) is 3.73. The van der Waals surface area contributed by atoms with E-state index in [1.54, 1.807) is 12.1 Å². The topological polar surface area (TPSA) is 3.24 Å². The summed E-state index contributed by atoms with van der Waals surface area (Å²) < 4.78 is 26.7. The van der Waals surface area contributed by atoms with E-state index in [4.69, 9.17) is 0 Å². The lowest BCUT2D eigenvalue weighted by molar-refractivity contribution is 0.134. The first kappa shape index (κ1) is 12.5. The molecule has 0 aromatic heterocycles. The van der Waals surface area contributed by atoms with Gasteiger partial charge in [0.2, 0.25) is 0 Å². The summed E-state index contributed by atoms with van der Waals surface area (Å²) in [4.78, 5) is 2.28. The molecule has 1 fully saturated rings. The maximum atomic E-state index is 13.6. The lowest BCUT2D eigenvalue weighted by Gasteiger charge is -2.35. The Kier molecular flexibility index (Phi) is 4.11. The molecule has 0 N–H and O–H groups in total. The van der Waals surface area contributed by atoms with Crippen molar-refractivity contribution in [3.8, 4) is 0 Å². The quantitative estimate of drug-likeness (QED) is 0.777. The third-order valence-corrected chi connectivity index (χ3v) is 3.63. The maximum absolute atomic E-state index is 13.6. The van der Waals surface area contributed by atoms with Crippen LogP contribution in [0.4, 0.5) is 8.78 Å². The van der Waals surface area contributed by atoms with Crippen LogP contribution in [0, 0.1) is 11.6 Å². The highest BCUT2D eigenvalue weighted by Gasteiger charge is 2.22. The highest BCUT2D eigenvalue weighted by Crippen LogP contribution is 2.23. The molecule has 1 unspecified atom stereocenters. The molecule has 1 aliphatic heterocycles. The van der Waals surface area contributed by atoms with Gasteiger partial charge in [-0.25, -0.2) is 8.78 Å². The van der Waals surface area contributed by atoms with E-state index >= 15 is 0 Å². The average molecular weight is 239 g/mol. The molecule has 1 aromatic carbocycles. The van der Waals surface area contributed by atoms with Gasteiger partial charge in [-0.1, -0.05) is 25.5 Å². The monoisotopic (exact) mass is 239 g/mol. The van der Waals surface area contributed by atoms with Gasteiger partial charge in [0.25, 0.3) is 0 Å². The second-order valence-electron chi connectivity index (χ2n) is 4.74. The van der Waals surface area contributed by atoms with Crippen LogP contribution in [0.5, 0.6) is 0 Å². The Morgan fingerprint density at radius 2 is 2.12 bits per heavy atom. The minimum Gasteiger partial charge on any atom is -0.296 e. The van der Waals surface area contributed by atoms with Crippen molar-refractivity contribution in [2.75, 3.05) is 6.54 Å². The molecule has 1 heterocycles. The smallest absolute Gasteiger partial charge is 0.163 e. The molecule has 0 aliphatic carbocycles. The van der Waals surface area contributed by atoms with E-state index in [0.717, 1.165) is 19.4 Å². The number of benzene rings is 1. The molecule has 1 saturated heterocycles. The molecule has 1 nitrogen and oxygen atoms in total. The molecule has 1 aromatic rings. The zero-order valence-corrected chi connectivity index (χ0v) is 10.3. The molecule has 0 saturated carbocycles.